The Morgan fingerprint density at radius 3 is 1.44 bits per heavy atom. The van der Waals surface area contributed by atoms with Crippen LogP contribution in [-0.2, 0) is 0 Å². The third kappa shape index (κ3) is 7.72. The second kappa shape index (κ2) is 7.72. The highest BCUT2D eigenvalue weighted by molar-refractivity contribution is 6.13. The van der Waals surface area contributed by atoms with Crippen LogP contribution in [0.2, 0.25) is 0 Å². The van der Waals surface area contributed by atoms with Gasteiger partial charge >= 0.3 is 7.69 Å². The van der Waals surface area contributed by atoms with E-state index < -0.39 is 7.69 Å². The third-order valence-corrected chi connectivity index (χ3v) is 1.16. The SMILES string of the molecule is C1=CCCCC1.OBO. The first-order chi connectivity index (χ1) is 4.41. The molecule has 0 fully saturated rings. The molecule has 0 amide bonds. The molecule has 1 aliphatic rings. The van der Waals surface area contributed by atoms with Crippen LogP contribution < -0.4 is 0 Å². The molecule has 2 nitrogen and oxygen atoms in total. The van der Waals surface area contributed by atoms with Gasteiger partial charge in [0.2, 0.25) is 0 Å². The van der Waals surface area contributed by atoms with Crippen LogP contribution in [-0.4, -0.2) is 17.7 Å². The summed E-state index contributed by atoms with van der Waals surface area (Å²) in [6, 6.07) is 0. The standard InChI is InChI=1S/C6H10.BH3O2/c1-2-4-6-5-3-1;2-1-3/h1-2H,3-6H2;1-3H. The lowest BCUT2D eigenvalue weighted by atomic mass is 10.1. The highest BCUT2D eigenvalue weighted by Crippen LogP contribution is 2.07. The lowest BCUT2D eigenvalue weighted by Crippen LogP contribution is -1.77. The Morgan fingerprint density at radius 2 is 1.33 bits per heavy atom. The number of hydrogen-bond donors (Lipinski definition) is 2. The fourth-order valence-corrected chi connectivity index (χ4v) is 0.760. The van der Waals surface area contributed by atoms with E-state index in [-0.39, 0.29) is 0 Å². The van der Waals surface area contributed by atoms with Crippen molar-refractivity contribution in [1.29, 1.82) is 0 Å². The average molecular weight is 128 g/mol. The Balaban J connectivity index is 0.000000187. The smallest absolute Gasteiger partial charge is 0.430 e. The third-order valence-electron chi connectivity index (χ3n) is 1.16. The van der Waals surface area contributed by atoms with Gasteiger partial charge in [0.15, 0.2) is 0 Å². The Labute approximate surface area is 56.5 Å². The van der Waals surface area contributed by atoms with Crippen LogP contribution in [0.1, 0.15) is 25.7 Å². The van der Waals surface area contributed by atoms with E-state index in [9.17, 15) is 0 Å². The fraction of sp³-hybridized carbons (Fsp3) is 0.667. The van der Waals surface area contributed by atoms with Crippen LogP contribution in [0, 0.1) is 0 Å². The summed E-state index contributed by atoms with van der Waals surface area (Å²) in [5.41, 5.74) is 0. The Morgan fingerprint density at radius 1 is 1.00 bits per heavy atom. The van der Waals surface area contributed by atoms with Gasteiger partial charge in [0.05, 0.1) is 0 Å². The summed E-state index contributed by atoms with van der Waals surface area (Å²) >= 11 is 0. The molecule has 52 valence electrons. The van der Waals surface area contributed by atoms with E-state index in [1.165, 1.54) is 25.7 Å². The summed E-state index contributed by atoms with van der Waals surface area (Å²) in [6.45, 7) is 0. The van der Waals surface area contributed by atoms with Gasteiger partial charge in [-0.2, -0.15) is 0 Å². The second-order valence-corrected chi connectivity index (χ2v) is 1.90. The maximum absolute atomic E-state index is 7.12. The maximum atomic E-state index is 7.12. The Kier molecular flexibility index (Phi) is 7.49. The Bertz CT molecular complexity index is 65.5. The molecular formula is C6H13BO2. The van der Waals surface area contributed by atoms with Crippen molar-refractivity contribution < 1.29 is 10.0 Å². The van der Waals surface area contributed by atoms with Crippen LogP contribution in [0.3, 0.4) is 0 Å². The molecule has 1 aliphatic carbocycles. The van der Waals surface area contributed by atoms with Crippen LogP contribution in [0.4, 0.5) is 0 Å². The molecular weight excluding hydrogens is 115 g/mol. The van der Waals surface area contributed by atoms with Crippen molar-refractivity contribution >= 4 is 7.69 Å². The molecule has 0 bridgehead atoms. The summed E-state index contributed by atoms with van der Waals surface area (Å²) in [7, 11) is -0.750. The minimum Gasteiger partial charge on any atom is -0.430 e. The lowest BCUT2D eigenvalue weighted by Gasteiger charge is -1.97. The van der Waals surface area contributed by atoms with Gasteiger partial charge in [-0.15, -0.1) is 0 Å². The van der Waals surface area contributed by atoms with Crippen molar-refractivity contribution in [3.8, 4) is 0 Å². The molecule has 1 rings (SSSR count). The van der Waals surface area contributed by atoms with E-state index in [4.69, 9.17) is 10.0 Å². The highest BCUT2D eigenvalue weighted by atomic mass is 16.4. The number of rotatable bonds is 0. The molecule has 0 radical (unpaired) electrons. The minimum absolute atomic E-state index is 0.750. The van der Waals surface area contributed by atoms with E-state index in [0.29, 0.717) is 0 Å². The van der Waals surface area contributed by atoms with E-state index in [0.717, 1.165) is 0 Å². The average Bonchev–Trinajstić information content (AvgIpc) is 1.93. The van der Waals surface area contributed by atoms with Crippen molar-refractivity contribution in [2.75, 3.05) is 0 Å². The van der Waals surface area contributed by atoms with Gasteiger partial charge in [-0.05, 0) is 25.7 Å². The predicted octanol–water partition coefficient (Wildman–Crippen LogP) is 0.354. The number of allylic oxidation sites excluding steroid dienone is 2. The van der Waals surface area contributed by atoms with Crippen LogP contribution in [0.25, 0.3) is 0 Å². The molecule has 0 unspecified atom stereocenters. The molecule has 0 saturated heterocycles. The molecule has 0 aromatic heterocycles. The van der Waals surface area contributed by atoms with Gasteiger partial charge in [0, 0.05) is 0 Å². The van der Waals surface area contributed by atoms with Crippen molar-refractivity contribution in [3.63, 3.8) is 0 Å². The molecule has 0 aromatic carbocycles. The maximum Gasteiger partial charge on any atom is 0.432 e. The monoisotopic (exact) mass is 128 g/mol. The predicted molar refractivity (Wildman–Crippen MR) is 39.2 cm³/mol. The van der Waals surface area contributed by atoms with E-state index in [2.05, 4.69) is 12.2 Å². The highest BCUT2D eigenvalue weighted by Gasteiger charge is 1.87. The van der Waals surface area contributed by atoms with E-state index in [1.54, 1.807) is 0 Å². The van der Waals surface area contributed by atoms with E-state index in [1.807, 2.05) is 0 Å². The van der Waals surface area contributed by atoms with Crippen LogP contribution in [0.15, 0.2) is 12.2 Å². The molecule has 9 heavy (non-hydrogen) atoms. The summed E-state index contributed by atoms with van der Waals surface area (Å²) in [6.07, 6.45) is 10.0. The zero-order valence-corrected chi connectivity index (χ0v) is 5.58. The fourth-order valence-electron chi connectivity index (χ4n) is 0.760. The van der Waals surface area contributed by atoms with Crippen molar-refractivity contribution in [1.82, 2.24) is 0 Å². The zero-order valence-electron chi connectivity index (χ0n) is 5.58. The Hall–Kier alpha value is -0.275. The first-order valence-electron chi connectivity index (χ1n) is 3.28. The molecule has 2 N–H and O–H groups in total. The van der Waals surface area contributed by atoms with Gasteiger partial charge in [-0.1, -0.05) is 12.2 Å². The van der Waals surface area contributed by atoms with E-state index >= 15 is 0 Å². The minimum atomic E-state index is -0.750. The second-order valence-electron chi connectivity index (χ2n) is 1.90. The molecule has 0 aliphatic heterocycles. The normalized spacial score (nSPS) is 15.8. The molecule has 0 atom stereocenters. The van der Waals surface area contributed by atoms with Crippen LogP contribution >= 0.6 is 0 Å². The topological polar surface area (TPSA) is 40.5 Å². The van der Waals surface area contributed by atoms with Gasteiger partial charge < -0.3 is 10.0 Å². The first kappa shape index (κ1) is 8.72. The molecule has 0 spiro atoms. The van der Waals surface area contributed by atoms with Gasteiger partial charge in [0.25, 0.3) is 0 Å². The summed E-state index contributed by atoms with van der Waals surface area (Å²) in [5, 5.41) is 14.2. The molecule has 0 heterocycles. The lowest BCUT2D eigenvalue weighted by molar-refractivity contribution is 0.448. The molecule has 0 aromatic rings. The quantitative estimate of drug-likeness (QED) is 0.365. The summed E-state index contributed by atoms with van der Waals surface area (Å²) < 4.78 is 0. The van der Waals surface area contributed by atoms with Crippen molar-refractivity contribution in [2.45, 2.75) is 25.7 Å². The number of hydrogen-bond acceptors (Lipinski definition) is 2. The van der Waals surface area contributed by atoms with Crippen molar-refractivity contribution in [3.05, 3.63) is 12.2 Å². The molecule has 0 saturated carbocycles. The summed E-state index contributed by atoms with van der Waals surface area (Å²) in [4.78, 5) is 0. The van der Waals surface area contributed by atoms with Gasteiger partial charge in [0.1, 0.15) is 0 Å². The molecule has 3 heteroatoms. The van der Waals surface area contributed by atoms with Crippen molar-refractivity contribution in [2.24, 2.45) is 0 Å². The van der Waals surface area contributed by atoms with Gasteiger partial charge in [-0.25, -0.2) is 0 Å². The zero-order chi connectivity index (χ0) is 6.95. The largest absolute Gasteiger partial charge is 0.432 e. The van der Waals surface area contributed by atoms with Gasteiger partial charge in [-0.3, -0.25) is 0 Å². The summed E-state index contributed by atoms with van der Waals surface area (Å²) in [5.74, 6) is 0. The van der Waals surface area contributed by atoms with Crippen LogP contribution in [0.5, 0.6) is 0 Å². The first-order valence-corrected chi connectivity index (χ1v) is 3.28.